The molecule has 0 amide bonds. The van der Waals surface area contributed by atoms with E-state index in [9.17, 15) is 14.3 Å². The highest BCUT2D eigenvalue weighted by molar-refractivity contribution is 7.47. The van der Waals surface area contributed by atoms with Crippen molar-refractivity contribution < 1.29 is 32.8 Å². The molecule has 52 heavy (non-hydrogen) atoms. The number of nitrogens with two attached hydrogens (primary N) is 1. The van der Waals surface area contributed by atoms with E-state index < -0.39 is 13.9 Å². The summed E-state index contributed by atoms with van der Waals surface area (Å²) in [6, 6.07) is 0. The minimum Gasteiger partial charge on any atom is -0.457 e. The molecule has 0 saturated heterocycles. The molecule has 0 aromatic rings. The van der Waals surface area contributed by atoms with Gasteiger partial charge in [0.05, 0.1) is 19.8 Å². The van der Waals surface area contributed by atoms with Gasteiger partial charge in [0.2, 0.25) is 0 Å². The first-order valence-corrected chi connectivity index (χ1v) is 23.7. The Labute approximate surface area is 322 Å². The molecule has 2 atom stereocenters. The Kier molecular flexibility index (Phi) is 40.8. The third-order valence-electron chi connectivity index (χ3n) is 9.68. The first-order chi connectivity index (χ1) is 25.4. The van der Waals surface area contributed by atoms with Gasteiger partial charge in [-0.3, -0.25) is 13.8 Å². The molecule has 3 N–H and O–H groups in total. The fourth-order valence-electron chi connectivity index (χ4n) is 6.40. The van der Waals surface area contributed by atoms with Crippen LogP contribution in [0.1, 0.15) is 219 Å². The standard InChI is InChI=1S/C43H86NO7P/c1-3-5-7-9-11-13-15-17-19-20-21-22-23-25-27-29-31-33-35-38-48-40-42(41-50-52(46,47)49-39-37-44)51-43(45)36-34-32-30-28-26-24-18-16-14-12-10-8-6-4-2/h19-20,42H,3-18,21-41,44H2,1-2H3,(H,46,47)/b20-19-. The Bertz CT molecular complexity index is 812. The number of carbonyl (C=O) groups excluding carboxylic acids is 1. The van der Waals surface area contributed by atoms with E-state index in [4.69, 9.17) is 24.3 Å². The second-order valence-electron chi connectivity index (χ2n) is 14.9. The summed E-state index contributed by atoms with van der Waals surface area (Å²) >= 11 is 0. The zero-order chi connectivity index (χ0) is 38.1. The monoisotopic (exact) mass is 760 g/mol. The second kappa shape index (κ2) is 41.4. The zero-order valence-corrected chi connectivity index (χ0v) is 35.2. The van der Waals surface area contributed by atoms with E-state index in [1.165, 1.54) is 167 Å². The molecule has 9 heteroatoms. The first-order valence-electron chi connectivity index (χ1n) is 22.2. The summed E-state index contributed by atoms with van der Waals surface area (Å²) in [5.74, 6) is -0.327. The van der Waals surface area contributed by atoms with Crippen LogP contribution in [0.5, 0.6) is 0 Å². The van der Waals surface area contributed by atoms with Gasteiger partial charge >= 0.3 is 13.8 Å². The summed E-state index contributed by atoms with van der Waals surface area (Å²) in [7, 11) is -4.27. The van der Waals surface area contributed by atoms with Crippen LogP contribution >= 0.6 is 7.82 Å². The number of unbranched alkanes of at least 4 members (excludes halogenated alkanes) is 28. The van der Waals surface area contributed by atoms with Crippen molar-refractivity contribution in [2.45, 2.75) is 225 Å². The van der Waals surface area contributed by atoms with Gasteiger partial charge in [-0.15, -0.1) is 0 Å². The number of hydrogen-bond donors (Lipinski definition) is 2. The summed E-state index contributed by atoms with van der Waals surface area (Å²) < 4.78 is 33.4. The van der Waals surface area contributed by atoms with Crippen LogP contribution in [0.2, 0.25) is 0 Å². The van der Waals surface area contributed by atoms with Gasteiger partial charge in [0, 0.05) is 19.6 Å². The zero-order valence-electron chi connectivity index (χ0n) is 34.3. The van der Waals surface area contributed by atoms with Crippen molar-refractivity contribution in [3.63, 3.8) is 0 Å². The lowest BCUT2D eigenvalue weighted by Gasteiger charge is -2.20. The molecule has 0 saturated carbocycles. The van der Waals surface area contributed by atoms with Gasteiger partial charge in [-0.05, 0) is 38.5 Å². The van der Waals surface area contributed by atoms with Gasteiger partial charge in [0.15, 0.2) is 0 Å². The van der Waals surface area contributed by atoms with Crippen molar-refractivity contribution in [2.24, 2.45) is 5.73 Å². The molecular formula is C43H86NO7P. The third kappa shape index (κ3) is 40.4. The van der Waals surface area contributed by atoms with Crippen molar-refractivity contribution >= 4 is 13.8 Å². The minimum absolute atomic E-state index is 0.0927. The van der Waals surface area contributed by atoms with Gasteiger partial charge < -0.3 is 20.1 Å². The topological polar surface area (TPSA) is 117 Å². The molecular weight excluding hydrogens is 673 g/mol. The molecule has 0 spiro atoms. The van der Waals surface area contributed by atoms with Crippen LogP contribution in [0, 0.1) is 0 Å². The number of allylic oxidation sites excluding steroid dienone is 2. The highest BCUT2D eigenvalue weighted by Crippen LogP contribution is 2.43. The van der Waals surface area contributed by atoms with Crippen LogP contribution < -0.4 is 5.73 Å². The average molecular weight is 760 g/mol. The molecule has 0 aromatic carbocycles. The van der Waals surface area contributed by atoms with Gasteiger partial charge in [0.1, 0.15) is 6.10 Å². The maximum absolute atomic E-state index is 12.6. The van der Waals surface area contributed by atoms with Crippen molar-refractivity contribution in [1.82, 2.24) is 0 Å². The van der Waals surface area contributed by atoms with Crippen LogP contribution in [0.3, 0.4) is 0 Å². The van der Waals surface area contributed by atoms with Crippen LogP contribution in [0.15, 0.2) is 12.2 Å². The lowest BCUT2D eigenvalue weighted by atomic mass is 10.0. The van der Waals surface area contributed by atoms with Gasteiger partial charge in [-0.25, -0.2) is 4.57 Å². The Morgan fingerprint density at radius 1 is 0.558 bits per heavy atom. The number of esters is 1. The van der Waals surface area contributed by atoms with Gasteiger partial charge in [-0.2, -0.15) is 0 Å². The van der Waals surface area contributed by atoms with Crippen molar-refractivity contribution in [2.75, 3.05) is 33.0 Å². The van der Waals surface area contributed by atoms with E-state index in [0.717, 1.165) is 32.1 Å². The highest BCUT2D eigenvalue weighted by atomic mass is 31.2. The fourth-order valence-corrected chi connectivity index (χ4v) is 7.17. The fraction of sp³-hybridized carbons (Fsp3) is 0.930. The highest BCUT2D eigenvalue weighted by Gasteiger charge is 2.25. The Morgan fingerprint density at radius 2 is 0.962 bits per heavy atom. The number of rotatable bonds is 43. The smallest absolute Gasteiger partial charge is 0.457 e. The molecule has 0 aliphatic rings. The summed E-state index contributed by atoms with van der Waals surface area (Å²) in [6.45, 7) is 4.95. The van der Waals surface area contributed by atoms with Crippen LogP contribution in [-0.2, 0) is 27.9 Å². The van der Waals surface area contributed by atoms with Crippen LogP contribution in [0.4, 0.5) is 0 Å². The van der Waals surface area contributed by atoms with Crippen LogP contribution in [-0.4, -0.2) is 49.9 Å². The maximum Gasteiger partial charge on any atom is 0.472 e. The average Bonchev–Trinajstić information content (AvgIpc) is 3.13. The van der Waals surface area contributed by atoms with E-state index in [1.807, 2.05) is 0 Å². The Hall–Kier alpha value is -0.760. The normalized spacial score (nSPS) is 13.5. The SMILES string of the molecule is CCCCCCCCC/C=C\CCCCCCCCCCOCC(COP(=O)(O)OCCN)OC(=O)CCCCCCCCCCCCCCCC. The Balaban J connectivity index is 3.97. The molecule has 0 rings (SSSR count). The summed E-state index contributed by atoms with van der Waals surface area (Å²) in [5, 5.41) is 0. The molecule has 0 heterocycles. The second-order valence-corrected chi connectivity index (χ2v) is 16.4. The Morgan fingerprint density at radius 3 is 1.40 bits per heavy atom. The largest absolute Gasteiger partial charge is 0.472 e. The van der Waals surface area contributed by atoms with E-state index in [-0.39, 0.29) is 32.3 Å². The number of phosphoric acid groups is 1. The predicted molar refractivity (Wildman–Crippen MR) is 220 cm³/mol. The summed E-state index contributed by atoms with van der Waals surface area (Å²) in [4.78, 5) is 22.5. The van der Waals surface area contributed by atoms with Gasteiger partial charge in [-0.1, -0.05) is 187 Å². The molecule has 0 fully saturated rings. The molecule has 2 unspecified atom stereocenters. The van der Waals surface area contributed by atoms with Crippen LogP contribution in [0.25, 0.3) is 0 Å². The predicted octanol–water partition coefficient (Wildman–Crippen LogP) is 13.1. The molecule has 0 aromatic heterocycles. The quantitative estimate of drug-likeness (QED) is 0.0273. The van der Waals surface area contributed by atoms with Gasteiger partial charge in [0.25, 0.3) is 0 Å². The molecule has 310 valence electrons. The number of phosphoric ester groups is 1. The van der Waals surface area contributed by atoms with E-state index in [0.29, 0.717) is 13.0 Å². The molecule has 0 radical (unpaired) electrons. The number of ether oxygens (including phenoxy) is 2. The number of carbonyl (C=O) groups is 1. The van der Waals surface area contributed by atoms with Crippen molar-refractivity contribution in [3.05, 3.63) is 12.2 Å². The molecule has 0 bridgehead atoms. The first kappa shape index (κ1) is 51.2. The molecule has 8 nitrogen and oxygen atoms in total. The van der Waals surface area contributed by atoms with Crippen molar-refractivity contribution in [3.8, 4) is 0 Å². The third-order valence-corrected chi connectivity index (χ3v) is 10.7. The lowest BCUT2D eigenvalue weighted by molar-refractivity contribution is -0.154. The lowest BCUT2D eigenvalue weighted by Crippen LogP contribution is -2.28. The van der Waals surface area contributed by atoms with E-state index in [1.54, 1.807) is 0 Å². The maximum atomic E-state index is 12.6. The van der Waals surface area contributed by atoms with Crippen molar-refractivity contribution in [1.29, 1.82) is 0 Å². The van der Waals surface area contributed by atoms with E-state index >= 15 is 0 Å². The minimum atomic E-state index is -4.27. The summed E-state index contributed by atoms with van der Waals surface area (Å²) in [6.07, 6.45) is 43.7. The molecule has 0 aliphatic heterocycles. The number of hydrogen-bond acceptors (Lipinski definition) is 7. The molecule has 0 aliphatic carbocycles. The summed E-state index contributed by atoms with van der Waals surface area (Å²) in [5.41, 5.74) is 5.37. The van der Waals surface area contributed by atoms with E-state index in [2.05, 4.69) is 26.0 Å².